The maximum absolute atomic E-state index is 12.4. The Morgan fingerprint density at radius 1 is 1.39 bits per heavy atom. The molecule has 1 aromatic carbocycles. The number of nitrogens with zero attached hydrogens (tertiary/aromatic N) is 1. The van der Waals surface area contributed by atoms with Gasteiger partial charge < -0.3 is 9.72 Å². The number of methoxy groups -OCH3 is 1. The Hall–Kier alpha value is -1.61. The van der Waals surface area contributed by atoms with Crippen molar-refractivity contribution in [1.82, 2.24) is 14.7 Å². The molecule has 2 aromatic rings. The van der Waals surface area contributed by atoms with Gasteiger partial charge in [0.1, 0.15) is 6.04 Å². The van der Waals surface area contributed by atoms with Crippen LogP contribution < -0.4 is 4.72 Å². The molecule has 0 spiro atoms. The van der Waals surface area contributed by atoms with Crippen molar-refractivity contribution in [2.45, 2.75) is 17.4 Å². The lowest BCUT2D eigenvalue weighted by atomic mass is 10.2. The van der Waals surface area contributed by atoms with Gasteiger partial charge in [0.15, 0.2) is 0 Å². The average Bonchev–Trinajstić information content (AvgIpc) is 3.01. The van der Waals surface area contributed by atoms with Crippen LogP contribution in [-0.2, 0) is 26.0 Å². The predicted molar refractivity (Wildman–Crippen MR) is 84.9 cm³/mol. The van der Waals surface area contributed by atoms with Crippen molar-refractivity contribution >= 4 is 39.2 Å². The van der Waals surface area contributed by atoms with Crippen LogP contribution >= 0.6 is 23.2 Å². The third-order valence-electron chi connectivity index (χ3n) is 2.96. The van der Waals surface area contributed by atoms with Crippen LogP contribution in [0, 0.1) is 0 Å². The molecule has 124 valence electrons. The minimum absolute atomic E-state index is 0.0627. The highest BCUT2D eigenvalue weighted by Gasteiger charge is 2.27. The number of sulfonamides is 1. The molecule has 0 aliphatic heterocycles. The molecule has 0 saturated heterocycles. The molecular weight excluding hydrogens is 365 g/mol. The van der Waals surface area contributed by atoms with Crippen molar-refractivity contribution in [3.8, 4) is 0 Å². The lowest BCUT2D eigenvalue weighted by Crippen LogP contribution is -2.43. The summed E-state index contributed by atoms with van der Waals surface area (Å²) in [5.74, 6) is -0.719. The van der Waals surface area contributed by atoms with Crippen LogP contribution in [0.4, 0.5) is 0 Å². The fourth-order valence-electron chi connectivity index (χ4n) is 1.83. The van der Waals surface area contributed by atoms with Gasteiger partial charge >= 0.3 is 5.97 Å². The van der Waals surface area contributed by atoms with Gasteiger partial charge in [-0.1, -0.05) is 23.2 Å². The van der Waals surface area contributed by atoms with Crippen molar-refractivity contribution in [3.05, 3.63) is 46.5 Å². The van der Waals surface area contributed by atoms with E-state index in [0.717, 1.165) is 0 Å². The monoisotopic (exact) mass is 377 g/mol. The first kappa shape index (κ1) is 17.7. The van der Waals surface area contributed by atoms with Gasteiger partial charge in [0, 0.05) is 18.3 Å². The van der Waals surface area contributed by atoms with Gasteiger partial charge in [0.2, 0.25) is 10.0 Å². The number of rotatable bonds is 6. The molecule has 1 heterocycles. The zero-order valence-electron chi connectivity index (χ0n) is 11.9. The summed E-state index contributed by atoms with van der Waals surface area (Å²) in [6.07, 6.45) is 2.98. The van der Waals surface area contributed by atoms with Gasteiger partial charge in [-0.3, -0.25) is 4.79 Å². The molecule has 0 amide bonds. The zero-order chi connectivity index (χ0) is 17.0. The number of carbonyl (C=O) groups is 1. The molecule has 0 radical (unpaired) electrons. The summed E-state index contributed by atoms with van der Waals surface area (Å²) >= 11 is 11.6. The third-order valence-corrected chi connectivity index (χ3v) is 5.17. The lowest BCUT2D eigenvalue weighted by molar-refractivity contribution is -0.142. The van der Waals surface area contributed by atoms with Crippen LogP contribution in [0.1, 0.15) is 5.69 Å². The molecule has 0 aliphatic rings. The molecule has 2 rings (SSSR count). The first-order valence-corrected chi connectivity index (χ1v) is 8.60. The molecule has 23 heavy (non-hydrogen) atoms. The quantitative estimate of drug-likeness (QED) is 0.747. The van der Waals surface area contributed by atoms with Crippen LogP contribution in [0.15, 0.2) is 35.6 Å². The number of carbonyl (C=O) groups excluding carboxylic acids is 1. The molecule has 10 heteroatoms. The van der Waals surface area contributed by atoms with Gasteiger partial charge in [0.25, 0.3) is 0 Å². The Balaban J connectivity index is 2.26. The van der Waals surface area contributed by atoms with E-state index in [9.17, 15) is 13.2 Å². The summed E-state index contributed by atoms with van der Waals surface area (Å²) in [5, 5.41) is 0.324. The van der Waals surface area contributed by atoms with Gasteiger partial charge in [-0.05, 0) is 18.2 Å². The second-order valence-electron chi connectivity index (χ2n) is 4.55. The number of aromatic nitrogens is 2. The van der Waals surface area contributed by atoms with Crippen molar-refractivity contribution < 1.29 is 17.9 Å². The van der Waals surface area contributed by atoms with Crippen molar-refractivity contribution in [1.29, 1.82) is 0 Å². The molecule has 2 N–H and O–H groups in total. The Kier molecular flexibility index (Phi) is 5.64. The summed E-state index contributed by atoms with van der Waals surface area (Å²) < 4.78 is 31.7. The topological polar surface area (TPSA) is 101 Å². The van der Waals surface area contributed by atoms with Crippen molar-refractivity contribution in [2.24, 2.45) is 0 Å². The third kappa shape index (κ3) is 4.44. The number of benzene rings is 1. The largest absolute Gasteiger partial charge is 0.468 e. The second kappa shape index (κ2) is 7.31. The maximum Gasteiger partial charge on any atom is 0.324 e. The highest BCUT2D eigenvalue weighted by molar-refractivity contribution is 7.89. The van der Waals surface area contributed by atoms with Gasteiger partial charge in [-0.25, -0.2) is 13.4 Å². The summed E-state index contributed by atoms with van der Waals surface area (Å²) in [6.45, 7) is 0. The van der Waals surface area contributed by atoms with E-state index in [1.807, 2.05) is 0 Å². The Labute approximate surface area is 143 Å². The van der Waals surface area contributed by atoms with E-state index in [1.54, 1.807) is 0 Å². The molecule has 1 aromatic heterocycles. The minimum Gasteiger partial charge on any atom is -0.468 e. The number of halogens is 2. The number of nitrogens with one attached hydrogen (secondary N) is 2. The molecule has 1 atom stereocenters. The van der Waals surface area contributed by atoms with Crippen LogP contribution in [0.3, 0.4) is 0 Å². The van der Waals surface area contributed by atoms with Crippen LogP contribution in [0.25, 0.3) is 0 Å². The summed E-state index contributed by atoms with van der Waals surface area (Å²) in [7, 11) is -2.81. The normalized spacial score (nSPS) is 12.8. The van der Waals surface area contributed by atoms with Gasteiger partial charge in [-0.2, -0.15) is 4.72 Å². The predicted octanol–water partition coefficient (Wildman–Crippen LogP) is 1.78. The smallest absolute Gasteiger partial charge is 0.324 e. The van der Waals surface area contributed by atoms with Crippen LogP contribution in [0.5, 0.6) is 0 Å². The number of ether oxygens (including phenoxy) is 1. The Morgan fingerprint density at radius 2 is 2.13 bits per heavy atom. The number of hydrogen-bond donors (Lipinski definition) is 2. The molecule has 0 fully saturated rings. The number of esters is 1. The minimum atomic E-state index is -3.99. The first-order chi connectivity index (χ1) is 10.8. The fourth-order valence-corrected chi connectivity index (χ4v) is 3.40. The molecule has 0 aliphatic carbocycles. The second-order valence-corrected chi connectivity index (χ2v) is 7.08. The van der Waals surface area contributed by atoms with Crippen LogP contribution in [0.2, 0.25) is 10.0 Å². The average molecular weight is 378 g/mol. The number of aromatic amines is 1. The van der Waals surface area contributed by atoms with Crippen LogP contribution in [-0.4, -0.2) is 37.5 Å². The van der Waals surface area contributed by atoms with E-state index < -0.39 is 22.0 Å². The molecule has 7 nitrogen and oxygen atoms in total. The van der Waals surface area contributed by atoms with E-state index in [4.69, 9.17) is 23.2 Å². The van der Waals surface area contributed by atoms with E-state index in [-0.39, 0.29) is 21.4 Å². The first-order valence-electron chi connectivity index (χ1n) is 6.36. The molecular formula is C13H13Cl2N3O4S. The van der Waals surface area contributed by atoms with E-state index in [0.29, 0.717) is 5.69 Å². The number of hydrogen-bond acceptors (Lipinski definition) is 5. The lowest BCUT2D eigenvalue weighted by Gasteiger charge is -2.16. The summed E-state index contributed by atoms with van der Waals surface area (Å²) in [4.78, 5) is 18.3. The maximum atomic E-state index is 12.4. The van der Waals surface area contributed by atoms with E-state index >= 15 is 0 Å². The standard InChI is InChI=1S/C13H13Cl2N3O4S/c1-22-13(19)12(4-8-6-16-7-17-8)18-23(20,21)9-2-3-10(14)11(15)5-9/h2-3,5-7,12,18H,4H2,1H3,(H,16,17)/t12-/m0/s1. The Morgan fingerprint density at radius 3 is 2.70 bits per heavy atom. The fraction of sp³-hybridized carbons (Fsp3) is 0.231. The summed E-state index contributed by atoms with van der Waals surface area (Å²) in [6, 6.07) is 2.75. The summed E-state index contributed by atoms with van der Waals surface area (Å²) in [5.41, 5.74) is 0.581. The SMILES string of the molecule is COC(=O)[C@H](Cc1cnc[nH]1)NS(=O)(=O)c1ccc(Cl)c(Cl)c1. The molecule has 0 unspecified atom stereocenters. The molecule has 0 saturated carbocycles. The van der Waals surface area contributed by atoms with Gasteiger partial charge in [-0.15, -0.1) is 0 Å². The van der Waals surface area contributed by atoms with Crippen molar-refractivity contribution in [2.75, 3.05) is 7.11 Å². The van der Waals surface area contributed by atoms with E-state index in [2.05, 4.69) is 19.4 Å². The van der Waals surface area contributed by atoms with Gasteiger partial charge in [0.05, 0.1) is 28.4 Å². The highest BCUT2D eigenvalue weighted by atomic mass is 35.5. The zero-order valence-corrected chi connectivity index (χ0v) is 14.2. The van der Waals surface area contributed by atoms with Crippen molar-refractivity contribution in [3.63, 3.8) is 0 Å². The Bertz CT molecular complexity index is 794. The highest BCUT2D eigenvalue weighted by Crippen LogP contribution is 2.25. The molecule has 0 bridgehead atoms. The van der Waals surface area contributed by atoms with E-state index in [1.165, 1.54) is 37.8 Å². The number of imidazole rings is 1. The number of H-pyrrole nitrogens is 1.